The lowest BCUT2D eigenvalue weighted by Crippen LogP contribution is -2.35. The fourth-order valence-corrected chi connectivity index (χ4v) is 4.84. The van der Waals surface area contributed by atoms with Crippen molar-refractivity contribution in [1.29, 1.82) is 0 Å². The van der Waals surface area contributed by atoms with Gasteiger partial charge in [-0.3, -0.25) is 4.98 Å². The van der Waals surface area contributed by atoms with Crippen LogP contribution in [0.3, 0.4) is 0 Å². The normalized spacial score (nSPS) is 16.6. The first kappa shape index (κ1) is 23.5. The van der Waals surface area contributed by atoms with Gasteiger partial charge < -0.3 is 19.7 Å². The largest absolute Gasteiger partial charge is 0.433 e. The van der Waals surface area contributed by atoms with Crippen LogP contribution >= 0.6 is 0 Å². The van der Waals surface area contributed by atoms with Crippen molar-refractivity contribution in [1.82, 2.24) is 29.4 Å². The molecule has 186 valence electrons. The molecule has 0 aromatic carbocycles. The second kappa shape index (κ2) is 9.44. The van der Waals surface area contributed by atoms with Gasteiger partial charge in [-0.25, -0.2) is 15.0 Å². The van der Waals surface area contributed by atoms with E-state index in [2.05, 4.69) is 34.6 Å². The Morgan fingerprint density at radius 3 is 2.69 bits per heavy atom. The van der Waals surface area contributed by atoms with Crippen LogP contribution in [0.15, 0.2) is 30.9 Å². The molecule has 1 fully saturated rings. The van der Waals surface area contributed by atoms with Gasteiger partial charge in [0.05, 0.1) is 5.69 Å². The van der Waals surface area contributed by atoms with Crippen LogP contribution in [-0.4, -0.2) is 69.7 Å². The first-order valence-corrected chi connectivity index (χ1v) is 11.9. The van der Waals surface area contributed by atoms with Crippen LogP contribution in [0.5, 0.6) is 0 Å². The number of piperidine rings is 1. The number of hydrogen-bond acceptors (Lipinski definition) is 7. The van der Waals surface area contributed by atoms with Crippen molar-refractivity contribution >= 4 is 11.6 Å². The number of nitrogens with one attached hydrogen (secondary N) is 1. The number of fused-ring (bicyclic) bond motifs is 1. The van der Waals surface area contributed by atoms with Gasteiger partial charge in [0, 0.05) is 62.2 Å². The van der Waals surface area contributed by atoms with Crippen molar-refractivity contribution in [3.05, 3.63) is 47.9 Å². The van der Waals surface area contributed by atoms with Crippen LogP contribution in [0.4, 0.5) is 24.8 Å². The number of nitrogens with zero attached hydrogens (tertiary/aromatic N) is 7. The summed E-state index contributed by atoms with van der Waals surface area (Å²) in [7, 11) is 4.01. The van der Waals surface area contributed by atoms with Crippen LogP contribution in [-0.2, 0) is 19.1 Å². The molecule has 5 heterocycles. The maximum absolute atomic E-state index is 13.2. The minimum Gasteiger partial charge on any atom is -0.369 e. The zero-order valence-electron chi connectivity index (χ0n) is 19.9. The smallest absolute Gasteiger partial charge is 0.369 e. The number of hydrogen-bond donors (Lipinski definition) is 1. The van der Waals surface area contributed by atoms with Crippen molar-refractivity contribution in [2.45, 2.75) is 37.9 Å². The predicted molar refractivity (Wildman–Crippen MR) is 127 cm³/mol. The molecule has 0 atom stereocenters. The zero-order valence-corrected chi connectivity index (χ0v) is 19.9. The van der Waals surface area contributed by atoms with Crippen LogP contribution in [0, 0.1) is 0 Å². The molecule has 1 N–H and O–H groups in total. The maximum Gasteiger partial charge on any atom is 0.433 e. The molecule has 5 rings (SSSR count). The summed E-state index contributed by atoms with van der Waals surface area (Å²) in [5, 5.41) is 3.31. The van der Waals surface area contributed by atoms with E-state index in [9.17, 15) is 13.2 Å². The van der Waals surface area contributed by atoms with E-state index in [0.717, 1.165) is 75.5 Å². The van der Waals surface area contributed by atoms with Crippen LogP contribution in [0.1, 0.15) is 35.8 Å². The Morgan fingerprint density at radius 1 is 1.14 bits per heavy atom. The van der Waals surface area contributed by atoms with E-state index in [4.69, 9.17) is 4.98 Å². The summed E-state index contributed by atoms with van der Waals surface area (Å²) in [6.45, 7) is 4.10. The molecule has 2 aliphatic heterocycles. The fraction of sp³-hybridized carbons (Fsp3) is 0.500. The molecular weight excluding hydrogens is 457 g/mol. The Kier molecular flexibility index (Phi) is 6.35. The lowest BCUT2D eigenvalue weighted by Gasteiger charge is -2.33. The highest BCUT2D eigenvalue weighted by Crippen LogP contribution is 2.35. The van der Waals surface area contributed by atoms with Crippen LogP contribution < -0.4 is 10.2 Å². The topological polar surface area (TPSA) is 75.0 Å². The monoisotopic (exact) mass is 486 g/mol. The first-order chi connectivity index (χ1) is 16.8. The molecule has 0 bridgehead atoms. The van der Waals surface area contributed by atoms with Gasteiger partial charge in [0.15, 0.2) is 0 Å². The van der Waals surface area contributed by atoms with Gasteiger partial charge in [0.1, 0.15) is 29.5 Å². The summed E-state index contributed by atoms with van der Waals surface area (Å²) in [4.78, 5) is 21.6. The Labute approximate surface area is 202 Å². The van der Waals surface area contributed by atoms with Crippen LogP contribution in [0.2, 0.25) is 0 Å². The molecule has 0 amide bonds. The van der Waals surface area contributed by atoms with Gasteiger partial charge in [-0.1, -0.05) is 0 Å². The third-order valence-electron chi connectivity index (χ3n) is 6.69. The second-order valence-electron chi connectivity index (χ2n) is 9.37. The number of alkyl halides is 3. The molecule has 8 nitrogen and oxygen atoms in total. The predicted octanol–water partition coefficient (Wildman–Crippen LogP) is 3.67. The zero-order chi connectivity index (χ0) is 24.6. The summed E-state index contributed by atoms with van der Waals surface area (Å²) >= 11 is 0. The molecule has 1 saturated heterocycles. The number of anilines is 2. The summed E-state index contributed by atoms with van der Waals surface area (Å²) in [5.74, 6) is 3.09. The van der Waals surface area contributed by atoms with Gasteiger partial charge in [-0.15, -0.1) is 0 Å². The van der Waals surface area contributed by atoms with E-state index in [1.165, 1.54) is 11.8 Å². The molecule has 3 aromatic heterocycles. The third-order valence-corrected chi connectivity index (χ3v) is 6.69. The number of pyridine rings is 1. The Hall–Kier alpha value is -3.21. The van der Waals surface area contributed by atoms with Crippen LogP contribution in [0.25, 0.3) is 11.3 Å². The minimum absolute atomic E-state index is 0.221. The standard InChI is InChI=1S/C24H29F3N8/c1-33(2)11-12-35-14-19(17-3-7-28-20(13-17)24(25,26)27)32-22(35)16-5-9-34(10-6-16)23-18-4-8-29-21(18)30-15-31-23/h3,7,13-16H,4-6,8-12H2,1-2H3,(H,29,30,31). The number of halogens is 3. The number of rotatable bonds is 6. The average Bonchev–Trinajstić information content (AvgIpc) is 3.50. The molecule has 0 saturated carbocycles. The van der Waals surface area contributed by atoms with Gasteiger partial charge in [-0.2, -0.15) is 13.2 Å². The Morgan fingerprint density at radius 2 is 1.94 bits per heavy atom. The van der Waals surface area contributed by atoms with Gasteiger partial charge in [0.2, 0.25) is 0 Å². The van der Waals surface area contributed by atoms with E-state index in [0.29, 0.717) is 11.3 Å². The lowest BCUT2D eigenvalue weighted by atomic mass is 9.95. The van der Waals surface area contributed by atoms with Crippen molar-refractivity contribution in [3.8, 4) is 11.3 Å². The SMILES string of the molecule is CN(C)CCn1cc(-c2ccnc(C(F)(F)F)c2)nc1C1CCN(c2ncnc3c2CCN3)CC1. The maximum atomic E-state index is 13.2. The fourth-order valence-electron chi connectivity index (χ4n) is 4.84. The van der Waals surface area contributed by atoms with Crippen molar-refractivity contribution < 1.29 is 13.2 Å². The molecule has 0 unspecified atom stereocenters. The number of imidazole rings is 1. The van der Waals surface area contributed by atoms with Crippen molar-refractivity contribution in [2.75, 3.05) is 50.5 Å². The van der Waals surface area contributed by atoms with Crippen molar-refractivity contribution in [3.63, 3.8) is 0 Å². The molecule has 11 heteroatoms. The Balaban J connectivity index is 1.38. The molecule has 3 aromatic rings. The molecular formula is C24H29F3N8. The van der Waals surface area contributed by atoms with E-state index in [1.54, 1.807) is 12.4 Å². The van der Waals surface area contributed by atoms with E-state index in [-0.39, 0.29) is 5.92 Å². The van der Waals surface area contributed by atoms with Gasteiger partial charge in [-0.05, 0) is 45.5 Å². The second-order valence-corrected chi connectivity index (χ2v) is 9.37. The molecule has 2 aliphatic rings. The number of aromatic nitrogens is 5. The van der Waals surface area contributed by atoms with E-state index in [1.807, 2.05) is 20.3 Å². The van der Waals surface area contributed by atoms with Crippen molar-refractivity contribution in [2.24, 2.45) is 0 Å². The molecule has 35 heavy (non-hydrogen) atoms. The summed E-state index contributed by atoms with van der Waals surface area (Å²) < 4.78 is 41.8. The quantitative estimate of drug-likeness (QED) is 0.570. The molecule has 0 aliphatic carbocycles. The van der Waals surface area contributed by atoms with E-state index < -0.39 is 11.9 Å². The Bertz CT molecular complexity index is 1180. The van der Waals surface area contributed by atoms with Gasteiger partial charge in [0.25, 0.3) is 0 Å². The highest BCUT2D eigenvalue weighted by atomic mass is 19.4. The summed E-state index contributed by atoms with van der Waals surface area (Å²) in [5.41, 5.74) is 1.26. The van der Waals surface area contributed by atoms with E-state index >= 15 is 0 Å². The minimum atomic E-state index is -4.49. The first-order valence-electron chi connectivity index (χ1n) is 11.9. The molecule has 0 spiro atoms. The number of likely N-dealkylation sites (N-methyl/N-ethyl adjacent to an activating group) is 1. The molecule has 0 radical (unpaired) electrons. The highest BCUT2D eigenvalue weighted by molar-refractivity contribution is 5.62. The summed E-state index contributed by atoms with van der Waals surface area (Å²) in [6.07, 6.45) is 2.92. The highest BCUT2D eigenvalue weighted by Gasteiger charge is 2.33. The van der Waals surface area contributed by atoms with Gasteiger partial charge >= 0.3 is 6.18 Å². The lowest BCUT2D eigenvalue weighted by molar-refractivity contribution is -0.141. The third kappa shape index (κ3) is 4.95. The average molecular weight is 487 g/mol. The summed E-state index contributed by atoms with van der Waals surface area (Å²) in [6, 6.07) is 2.67.